The van der Waals surface area contributed by atoms with Gasteiger partial charge in [0, 0.05) is 11.1 Å². The molecule has 0 saturated heterocycles. The molecule has 8 heteroatoms. The molecule has 2 rings (SSSR count). The number of hydrogen-bond donors (Lipinski definition) is 3. The summed E-state index contributed by atoms with van der Waals surface area (Å²) < 4.78 is 24.0. The summed E-state index contributed by atoms with van der Waals surface area (Å²) in [6.45, 7) is 3.05. The van der Waals surface area contributed by atoms with Crippen molar-refractivity contribution in [1.82, 2.24) is 0 Å². The molecule has 0 radical (unpaired) electrons. The molecule has 1 atom stereocenters. The van der Waals surface area contributed by atoms with Gasteiger partial charge in [-0.15, -0.1) is 0 Å². The normalized spacial score (nSPS) is 23.1. The van der Waals surface area contributed by atoms with Crippen LogP contribution in [0.3, 0.4) is 0 Å². The number of carbonyl (C=O) groups excluding carboxylic acids is 1. The molecule has 0 aliphatic carbocycles. The van der Waals surface area contributed by atoms with Crippen LogP contribution in [-0.4, -0.2) is 31.1 Å². The van der Waals surface area contributed by atoms with Crippen molar-refractivity contribution < 1.29 is 18.3 Å². The second kappa shape index (κ2) is 4.29. The lowest BCUT2D eigenvalue weighted by molar-refractivity contribution is 0.0839. The average Bonchev–Trinajstić information content (AvgIpc) is 2.42. The molecule has 5 N–H and O–H groups in total. The highest BCUT2D eigenvalue weighted by atomic mass is 32.2. The monoisotopic (exact) mass is 297 g/mol. The van der Waals surface area contributed by atoms with Crippen LogP contribution in [0.5, 0.6) is 0 Å². The molecular weight excluding hydrogens is 282 g/mol. The average molecular weight is 297 g/mol. The summed E-state index contributed by atoms with van der Waals surface area (Å²) in [5.41, 5.74) is 9.70. The number of aryl methyl sites for hydroxylation is 1. The van der Waals surface area contributed by atoms with Crippen molar-refractivity contribution in [1.29, 1.82) is 0 Å². The molecule has 0 aromatic heterocycles. The van der Waals surface area contributed by atoms with Gasteiger partial charge in [0.05, 0.1) is 10.6 Å². The van der Waals surface area contributed by atoms with E-state index in [1.165, 1.54) is 19.1 Å². The number of nitrogens with zero attached hydrogens (tertiary/aromatic N) is 1. The van der Waals surface area contributed by atoms with E-state index in [0.717, 1.165) is 0 Å². The minimum Gasteiger partial charge on any atom is -0.384 e. The fourth-order valence-electron chi connectivity index (χ4n) is 2.30. The Hall–Kier alpha value is -1.93. The highest BCUT2D eigenvalue weighted by Crippen LogP contribution is 2.39. The zero-order chi connectivity index (χ0) is 15.3. The lowest BCUT2D eigenvalue weighted by Crippen LogP contribution is -2.24. The number of hydrogen-bond acceptors (Lipinski definition) is 4. The minimum absolute atomic E-state index is 0.0535. The third kappa shape index (κ3) is 2.27. The Morgan fingerprint density at radius 2 is 2.00 bits per heavy atom. The van der Waals surface area contributed by atoms with Crippen LogP contribution in [0.15, 0.2) is 22.0 Å². The molecule has 20 heavy (non-hydrogen) atoms. The molecule has 1 aliphatic heterocycles. The van der Waals surface area contributed by atoms with Gasteiger partial charge in [0.25, 0.3) is 5.91 Å². The van der Waals surface area contributed by atoms with Gasteiger partial charge in [0.1, 0.15) is 5.60 Å². The number of benzene rings is 1. The summed E-state index contributed by atoms with van der Waals surface area (Å²) >= 11 is 0. The van der Waals surface area contributed by atoms with Crippen molar-refractivity contribution in [3.63, 3.8) is 0 Å². The van der Waals surface area contributed by atoms with E-state index in [2.05, 4.69) is 4.99 Å². The number of aliphatic hydroxyl groups is 1. The summed E-state index contributed by atoms with van der Waals surface area (Å²) in [4.78, 5) is 15.2. The molecule has 0 saturated carbocycles. The topological polar surface area (TPSA) is 136 Å². The van der Waals surface area contributed by atoms with E-state index in [0.29, 0.717) is 5.56 Å². The zero-order valence-electron chi connectivity index (χ0n) is 11.0. The van der Waals surface area contributed by atoms with Gasteiger partial charge in [0.15, 0.2) is 15.8 Å². The maximum atomic E-state index is 12.0. The second-order valence-electron chi connectivity index (χ2n) is 5.04. The van der Waals surface area contributed by atoms with Gasteiger partial charge in [-0.3, -0.25) is 4.79 Å². The quantitative estimate of drug-likeness (QED) is 0.468. The van der Waals surface area contributed by atoms with Crippen LogP contribution in [0.1, 0.15) is 28.4 Å². The Kier molecular flexibility index (Phi) is 3.10. The molecule has 1 aliphatic rings. The minimum atomic E-state index is -3.63. The predicted molar refractivity (Wildman–Crippen MR) is 72.9 cm³/mol. The molecule has 1 aromatic rings. The fourth-order valence-corrected chi connectivity index (χ4v) is 4.26. The van der Waals surface area contributed by atoms with Crippen molar-refractivity contribution in [2.45, 2.75) is 24.3 Å². The number of rotatable bonds is 1. The summed E-state index contributed by atoms with van der Waals surface area (Å²) in [7, 11) is -3.63. The first-order chi connectivity index (χ1) is 9.04. The third-order valence-electron chi connectivity index (χ3n) is 3.17. The number of carbonyl (C=O) groups is 1. The van der Waals surface area contributed by atoms with E-state index in [-0.39, 0.29) is 16.0 Å². The van der Waals surface area contributed by atoms with Gasteiger partial charge in [-0.2, -0.15) is 4.99 Å². The molecule has 1 aromatic carbocycles. The van der Waals surface area contributed by atoms with Crippen LogP contribution in [0.4, 0.5) is 0 Å². The maximum Gasteiger partial charge on any atom is 0.280 e. The first-order valence-electron chi connectivity index (χ1n) is 5.79. The summed E-state index contributed by atoms with van der Waals surface area (Å²) in [5.74, 6) is -1.52. The predicted octanol–water partition coefficient (Wildman–Crippen LogP) is -0.597. The largest absolute Gasteiger partial charge is 0.384 e. The highest BCUT2D eigenvalue weighted by Gasteiger charge is 2.43. The van der Waals surface area contributed by atoms with Crippen molar-refractivity contribution >= 4 is 21.7 Å². The summed E-state index contributed by atoms with van der Waals surface area (Å²) in [6, 6.07) is 2.70. The van der Waals surface area contributed by atoms with Gasteiger partial charge in [-0.1, -0.05) is 6.07 Å². The van der Waals surface area contributed by atoms with E-state index in [9.17, 15) is 18.3 Å². The van der Waals surface area contributed by atoms with E-state index in [1.807, 2.05) is 0 Å². The molecule has 0 bridgehead atoms. The fraction of sp³-hybridized carbons (Fsp3) is 0.333. The number of amides is 1. The number of guanidine groups is 1. The maximum absolute atomic E-state index is 12.0. The molecule has 1 unspecified atom stereocenters. The summed E-state index contributed by atoms with van der Waals surface area (Å²) in [5, 5.41) is 10.1. The SMILES string of the molecule is Cc1cc2c(cc1C(=O)N=C(N)N)S(=O)(=O)CC2(C)O. The van der Waals surface area contributed by atoms with Crippen molar-refractivity contribution in [3.8, 4) is 0 Å². The summed E-state index contributed by atoms with van der Waals surface area (Å²) in [6.07, 6.45) is 0. The molecule has 0 fully saturated rings. The molecule has 1 amide bonds. The number of nitrogens with two attached hydrogens (primary N) is 2. The van der Waals surface area contributed by atoms with Crippen LogP contribution in [0, 0.1) is 6.92 Å². The number of sulfone groups is 1. The Labute approximate surface area is 116 Å². The van der Waals surface area contributed by atoms with E-state index in [1.54, 1.807) is 6.92 Å². The van der Waals surface area contributed by atoms with Crippen LogP contribution in [0.25, 0.3) is 0 Å². The molecule has 0 spiro atoms. The van der Waals surface area contributed by atoms with Crippen molar-refractivity contribution in [2.24, 2.45) is 16.5 Å². The van der Waals surface area contributed by atoms with Crippen LogP contribution in [0.2, 0.25) is 0 Å². The van der Waals surface area contributed by atoms with Gasteiger partial charge in [-0.25, -0.2) is 8.42 Å². The van der Waals surface area contributed by atoms with Gasteiger partial charge >= 0.3 is 0 Å². The zero-order valence-corrected chi connectivity index (χ0v) is 11.9. The molecule has 1 heterocycles. The van der Waals surface area contributed by atoms with Gasteiger partial charge < -0.3 is 16.6 Å². The van der Waals surface area contributed by atoms with Crippen LogP contribution >= 0.6 is 0 Å². The Bertz CT molecular complexity index is 731. The third-order valence-corrected chi connectivity index (χ3v) is 5.12. The second-order valence-corrected chi connectivity index (χ2v) is 7.00. The van der Waals surface area contributed by atoms with Gasteiger partial charge in [0.2, 0.25) is 0 Å². The molecule has 108 valence electrons. The lowest BCUT2D eigenvalue weighted by atomic mass is 9.94. The van der Waals surface area contributed by atoms with Crippen LogP contribution in [-0.2, 0) is 15.4 Å². The molecular formula is C12H15N3O4S. The Morgan fingerprint density at radius 3 is 2.55 bits per heavy atom. The smallest absolute Gasteiger partial charge is 0.280 e. The number of aliphatic imine (C=N–C) groups is 1. The lowest BCUT2D eigenvalue weighted by Gasteiger charge is -2.16. The van der Waals surface area contributed by atoms with Crippen LogP contribution < -0.4 is 11.5 Å². The van der Waals surface area contributed by atoms with Gasteiger partial charge in [-0.05, 0) is 25.5 Å². The van der Waals surface area contributed by atoms with Crippen molar-refractivity contribution in [3.05, 3.63) is 28.8 Å². The first-order valence-corrected chi connectivity index (χ1v) is 7.44. The van der Waals surface area contributed by atoms with E-state index in [4.69, 9.17) is 11.5 Å². The Morgan fingerprint density at radius 1 is 1.40 bits per heavy atom. The van der Waals surface area contributed by atoms with Crippen molar-refractivity contribution in [2.75, 3.05) is 5.75 Å². The standard InChI is InChI=1S/C12H15N3O4S/c1-6-3-8-9(20(18,19)5-12(8,2)17)4-7(6)10(16)15-11(13)14/h3-4,17H,5H2,1-2H3,(H4,13,14,15,16). The van der Waals surface area contributed by atoms with E-state index < -0.39 is 33.1 Å². The Balaban J connectivity index is 2.69. The van der Waals surface area contributed by atoms with E-state index >= 15 is 0 Å². The molecule has 7 nitrogen and oxygen atoms in total. The number of fused-ring (bicyclic) bond motifs is 1. The first kappa shape index (κ1) is 14.5. The highest BCUT2D eigenvalue weighted by molar-refractivity contribution is 7.91.